The van der Waals surface area contributed by atoms with Crippen LogP contribution < -0.4 is 5.32 Å². The third-order valence-corrected chi connectivity index (χ3v) is 2.47. The van der Waals surface area contributed by atoms with Gasteiger partial charge in [-0.25, -0.2) is 4.98 Å². The Morgan fingerprint density at radius 1 is 1.73 bits per heavy atom. The van der Waals surface area contributed by atoms with Crippen molar-refractivity contribution in [3.05, 3.63) is 12.0 Å². The van der Waals surface area contributed by atoms with Gasteiger partial charge < -0.3 is 9.88 Å². The van der Waals surface area contributed by atoms with E-state index in [4.69, 9.17) is 0 Å². The first-order valence-electron chi connectivity index (χ1n) is 3.71. The molecule has 0 bridgehead atoms. The van der Waals surface area contributed by atoms with Crippen molar-refractivity contribution in [3.63, 3.8) is 0 Å². The van der Waals surface area contributed by atoms with Crippen LogP contribution in [0.4, 0.5) is 0 Å². The molecule has 1 aromatic rings. The second-order valence-corrected chi connectivity index (χ2v) is 3.40. The van der Waals surface area contributed by atoms with Crippen molar-refractivity contribution in [2.45, 2.75) is 18.1 Å². The SMILES string of the molecule is CSc1cn2c(n1)CNCC2. The monoisotopic (exact) mass is 169 g/mol. The maximum absolute atomic E-state index is 4.43. The maximum atomic E-state index is 4.43. The molecule has 2 rings (SSSR count). The molecular formula is C7H11N3S. The lowest BCUT2D eigenvalue weighted by molar-refractivity contribution is 0.505. The second-order valence-electron chi connectivity index (χ2n) is 2.57. The zero-order valence-corrected chi connectivity index (χ0v) is 7.32. The fraction of sp³-hybridized carbons (Fsp3) is 0.571. The first-order chi connectivity index (χ1) is 5.40. The molecule has 4 heteroatoms. The summed E-state index contributed by atoms with van der Waals surface area (Å²) in [5.74, 6) is 1.17. The van der Waals surface area contributed by atoms with Crippen LogP contribution in [0.15, 0.2) is 11.2 Å². The average Bonchev–Trinajstić information content (AvgIpc) is 2.46. The molecule has 0 aliphatic carbocycles. The number of hydrogen-bond donors (Lipinski definition) is 1. The van der Waals surface area contributed by atoms with Crippen molar-refractivity contribution >= 4 is 11.8 Å². The van der Waals surface area contributed by atoms with E-state index in [0.717, 1.165) is 24.7 Å². The first-order valence-corrected chi connectivity index (χ1v) is 4.93. The summed E-state index contributed by atoms with van der Waals surface area (Å²) in [6.45, 7) is 3.04. The molecular weight excluding hydrogens is 158 g/mol. The van der Waals surface area contributed by atoms with Gasteiger partial charge in [0.05, 0.1) is 6.54 Å². The van der Waals surface area contributed by atoms with Crippen LogP contribution in [-0.4, -0.2) is 22.4 Å². The lowest BCUT2D eigenvalue weighted by Crippen LogP contribution is -2.27. The molecule has 0 amide bonds. The topological polar surface area (TPSA) is 29.9 Å². The molecule has 0 saturated heterocycles. The van der Waals surface area contributed by atoms with E-state index in [0.29, 0.717) is 0 Å². The van der Waals surface area contributed by atoms with Gasteiger partial charge in [-0.1, -0.05) is 0 Å². The molecule has 0 aromatic carbocycles. The van der Waals surface area contributed by atoms with Crippen molar-refractivity contribution in [2.75, 3.05) is 12.8 Å². The van der Waals surface area contributed by atoms with Crippen molar-refractivity contribution in [1.82, 2.24) is 14.9 Å². The van der Waals surface area contributed by atoms with Crippen LogP contribution in [0.1, 0.15) is 5.82 Å². The summed E-state index contributed by atoms with van der Waals surface area (Å²) < 4.78 is 2.22. The van der Waals surface area contributed by atoms with E-state index in [2.05, 4.69) is 27.3 Å². The maximum Gasteiger partial charge on any atom is 0.124 e. The molecule has 1 aliphatic rings. The summed E-state index contributed by atoms with van der Waals surface area (Å²) in [5.41, 5.74) is 0. The molecule has 0 saturated carbocycles. The molecule has 0 atom stereocenters. The number of nitrogens with one attached hydrogen (secondary N) is 1. The van der Waals surface area contributed by atoms with Crippen LogP contribution in [0, 0.1) is 0 Å². The van der Waals surface area contributed by atoms with E-state index in [1.54, 1.807) is 11.8 Å². The van der Waals surface area contributed by atoms with Crippen LogP contribution in [0.5, 0.6) is 0 Å². The summed E-state index contributed by atoms with van der Waals surface area (Å²) >= 11 is 1.70. The van der Waals surface area contributed by atoms with E-state index in [1.807, 2.05) is 0 Å². The molecule has 2 heterocycles. The minimum Gasteiger partial charge on any atom is -0.331 e. The highest BCUT2D eigenvalue weighted by molar-refractivity contribution is 7.98. The zero-order valence-electron chi connectivity index (χ0n) is 6.50. The number of rotatable bonds is 1. The lowest BCUT2D eigenvalue weighted by Gasteiger charge is -2.13. The van der Waals surface area contributed by atoms with Crippen molar-refractivity contribution in [1.29, 1.82) is 0 Å². The Hall–Kier alpha value is -0.480. The van der Waals surface area contributed by atoms with Gasteiger partial charge in [0, 0.05) is 19.3 Å². The smallest absolute Gasteiger partial charge is 0.124 e. The minimum atomic E-state index is 0.917. The van der Waals surface area contributed by atoms with Gasteiger partial charge in [-0.2, -0.15) is 0 Å². The average molecular weight is 169 g/mol. The number of fused-ring (bicyclic) bond motifs is 1. The fourth-order valence-corrected chi connectivity index (χ4v) is 1.69. The molecule has 1 aromatic heterocycles. The molecule has 0 unspecified atom stereocenters. The van der Waals surface area contributed by atoms with E-state index in [-0.39, 0.29) is 0 Å². The van der Waals surface area contributed by atoms with E-state index in [1.165, 1.54) is 5.82 Å². The predicted molar refractivity (Wildman–Crippen MR) is 45.7 cm³/mol. The Labute approximate surface area is 70.2 Å². The molecule has 0 radical (unpaired) electrons. The van der Waals surface area contributed by atoms with Gasteiger partial charge in [0.2, 0.25) is 0 Å². The van der Waals surface area contributed by atoms with Crippen LogP contribution in [-0.2, 0) is 13.1 Å². The summed E-state index contributed by atoms with van der Waals surface area (Å²) in [6, 6.07) is 0. The summed E-state index contributed by atoms with van der Waals surface area (Å²) in [7, 11) is 0. The molecule has 0 spiro atoms. The van der Waals surface area contributed by atoms with Gasteiger partial charge in [-0.15, -0.1) is 11.8 Å². The summed E-state index contributed by atoms with van der Waals surface area (Å²) in [6.07, 6.45) is 4.18. The summed E-state index contributed by atoms with van der Waals surface area (Å²) in [4.78, 5) is 4.43. The third-order valence-electron chi connectivity index (χ3n) is 1.86. The Bertz CT molecular complexity index is 233. The van der Waals surface area contributed by atoms with Crippen LogP contribution >= 0.6 is 11.8 Å². The van der Waals surface area contributed by atoms with Crippen molar-refractivity contribution in [3.8, 4) is 0 Å². The number of nitrogens with zero attached hydrogens (tertiary/aromatic N) is 2. The van der Waals surface area contributed by atoms with Crippen molar-refractivity contribution in [2.24, 2.45) is 0 Å². The molecule has 11 heavy (non-hydrogen) atoms. The van der Waals surface area contributed by atoms with Crippen LogP contribution in [0.3, 0.4) is 0 Å². The Balaban J connectivity index is 2.32. The predicted octanol–water partition coefficient (Wildman–Crippen LogP) is 0.708. The number of hydrogen-bond acceptors (Lipinski definition) is 3. The van der Waals surface area contributed by atoms with Crippen LogP contribution in [0.25, 0.3) is 0 Å². The molecule has 0 fully saturated rings. The molecule has 1 aliphatic heterocycles. The van der Waals surface area contributed by atoms with Gasteiger partial charge in [-0.3, -0.25) is 0 Å². The van der Waals surface area contributed by atoms with Gasteiger partial charge in [-0.05, 0) is 6.26 Å². The quantitative estimate of drug-likeness (QED) is 0.628. The van der Waals surface area contributed by atoms with Gasteiger partial charge in [0.1, 0.15) is 10.9 Å². The van der Waals surface area contributed by atoms with E-state index in [9.17, 15) is 0 Å². The lowest BCUT2D eigenvalue weighted by atomic mass is 10.4. The highest BCUT2D eigenvalue weighted by Gasteiger charge is 2.10. The van der Waals surface area contributed by atoms with Gasteiger partial charge in [0.25, 0.3) is 0 Å². The Morgan fingerprint density at radius 2 is 2.64 bits per heavy atom. The molecule has 3 nitrogen and oxygen atoms in total. The second kappa shape index (κ2) is 2.87. The fourth-order valence-electron chi connectivity index (χ4n) is 1.26. The zero-order chi connectivity index (χ0) is 7.68. The van der Waals surface area contributed by atoms with Crippen molar-refractivity contribution < 1.29 is 0 Å². The number of thioether (sulfide) groups is 1. The highest BCUT2D eigenvalue weighted by Crippen LogP contribution is 2.14. The largest absolute Gasteiger partial charge is 0.331 e. The Kier molecular flexibility index (Phi) is 1.87. The third kappa shape index (κ3) is 1.28. The first kappa shape index (κ1) is 7.18. The normalized spacial score (nSPS) is 16.5. The van der Waals surface area contributed by atoms with E-state index < -0.39 is 0 Å². The number of imidazole rings is 1. The standard InChI is InChI=1S/C7H11N3S/c1-11-7-5-10-3-2-8-4-6(10)9-7/h5,8H,2-4H2,1H3. The molecule has 1 N–H and O–H groups in total. The number of aromatic nitrogens is 2. The van der Waals surface area contributed by atoms with Crippen LogP contribution in [0.2, 0.25) is 0 Å². The minimum absolute atomic E-state index is 0.917. The highest BCUT2D eigenvalue weighted by atomic mass is 32.2. The summed E-state index contributed by atoms with van der Waals surface area (Å²) in [5, 5.41) is 4.41. The molecule has 60 valence electrons. The Morgan fingerprint density at radius 3 is 3.36 bits per heavy atom. The van der Waals surface area contributed by atoms with E-state index >= 15 is 0 Å². The van der Waals surface area contributed by atoms with Gasteiger partial charge in [0.15, 0.2) is 0 Å². The van der Waals surface area contributed by atoms with Gasteiger partial charge >= 0.3 is 0 Å².